The number of benzene rings is 1. The minimum absolute atomic E-state index is 0.0420. The van der Waals surface area contributed by atoms with Crippen molar-refractivity contribution < 1.29 is 19.1 Å². The maximum Gasteiger partial charge on any atom is 0.260 e. The number of piperazine rings is 1. The number of aromatic nitrogens is 2. The van der Waals surface area contributed by atoms with Crippen molar-refractivity contribution in [1.29, 1.82) is 0 Å². The molecule has 3 aliphatic rings. The molecule has 0 bridgehead atoms. The van der Waals surface area contributed by atoms with Crippen LogP contribution in [-0.2, 0) is 4.79 Å². The Labute approximate surface area is 187 Å². The Kier molecular flexibility index (Phi) is 5.68. The van der Waals surface area contributed by atoms with Gasteiger partial charge in [0.2, 0.25) is 5.95 Å². The first-order valence-electron chi connectivity index (χ1n) is 11.4. The molecule has 2 fully saturated rings. The molecule has 8 nitrogen and oxygen atoms in total. The van der Waals surface area contributed by atoms with Gasteiger partial charge in [-0.15, -0.1) is 0 Å². The summed E-state index contributed by atoms with van der Waals surface area (Å²) < 4.78 is 12.1. The molecule has 1 saturated carbocycles. The zero-order valence-electron chi connectivity index (χ0n) is 18.2. The van der Waals surface area contributed by atoms with E-state index >= 15 is 0 Å². The van der Waals surface area contributed by atoms with Gasteiger partial charge in [0.1, 0.15) is 17.1 Å². The topological polar surface area (TPSA) is 84.9 Å². The van der Waals surface area contributed by atoms with E-state index in [0.717, 1.165) is 25.7 Å². The molecule has 2 aliphatic heterocycles. The summed E-state index contributed by atoms with van der Waals surface area (Å²) in [4.78, 5) is 37.8. The Bertz CT molecular complexity index is 983. The van der Waals surface area contributed by atoms with Crippen molar-refractivity contribution in [3.05, 3.63) is 42.2 Å². The van der Waals surface area contributed by atoms with Crippen LogP contribution < -0.4 is 14.4 Å². The number of carbonyl (C=O) groups is 2. The average molecular weight is 437 g/mol. The highest BCUT2D eigenvalue weighted by molar-refractivity contribution is 6.00. The third-order valence-electron chi connectivity index (χ3n) is 6.66. The number of Topliss-reactive ketones (excluding diaryl/α,β-unsaturated/α-hetero) is 1. The van der Waals surface area contributed by atoms with E-state index in [9.17, 15) is 9.59 Å². The second-order valence-electron chi connectivity index (χ2n) is 8.81. The van der Waals surface area contributed by atoms with E-state index in [4.69, 9.17) is 9.47 Å². The molecule has 1 aromatic heterocycles. The highest BCUT2D eigenvalue weighted by Crippen LogP contribution is 2.42. The monoisotopic (exact) mass is 436 g/mol. The predicted octanol–water partition coefficient (Wildman–Crippen LogP) is 2.87. The summed E-state index contributed by atoms with van der Waals surface area (Å²) in [6.07, 6.45) is 9.12. The maximum absolute atomic E-state index is 12.7. The van der Waals surface area contributed by atoms with Crippen LogP contribution in [0.4, 0.5) is 5.95 Å². The van der Waals surface area contributed by atoms with E-state index in [1.165, 1.54) is 6.42 Å². The van der Waals surface area contributed by atoms with Crippen molar-refractivity contribution >= 4 is 17.6 Å². The molecule has 0 N–H and O–H groups in total. The fourth-order valence-corrected chi connectivity index (χ4v) is 4.89. The maximum atomic E-state index is 12.7. The summed E-state index contributed by atoms with van der Waals surface area (Å²) in [7, 11) is 0. The minimum Gasteiger partial charge on any atom is -0.486 e. The van der Waals surface area contributed by atoms with Gasteiger partial charge in [-0.2, -0.15) is 0 Å². The van der Waals surface area contributed by atoms with E-state index < -0.39 is 0 Å². The molecule has 5 rings (SSSR count). The van der Waals surface area contributed by atoms with Crippen molar-refractivity contribution in [2.75, 3.05) is 37.7 Å². The van der Waals surface area contributed by atoms with E-state index in [0.29, 0.717) is 55.6 Å². The molecule has 168 valence electrons. The summed E-state index contributed by atoms with van der Waals surface area (Å²) in [6.45, 7) is 2.54. The van der Waals surface area contributed by atoms with Crippen LogP contribution in [0.15, 0.2) is 36.7 Å². The van der Waals surface area contributed by atoms with E-state index in [1.54, 1.807) is 41.6 Å². The number of carbonyl (C=O) groups excluding carboxylic acids is 2. The van der Waals surface area contributed by atoms with Gasteiger partial charge in [0.25, 0.3) is 5.91 Å². The number of ketones is 1. The molecule has 0 unspecified atom stereocenters. The van der Waals surface area contributed by atoms with E-state index in [-0.39, 0.29) is 23.9 Å². The number of hydrogen-bond donors (Lipinski definition) is 0. The third kappa shape index (κ3) is 4.26. The molecule has 0 atom stereocenters. The Balaban J connectivity index is 1.17. The van der Waals surface area contributed by atoms with Crippen LogP contribution in [0.2, 0.25) is 0 Å². The Hall–Kier alpha value is -3.16. The first-order chi connectivity index (χ1) is 15.6. The summed E-state index contributed by atoms with van der Waals surface area (Å²) >= 11 is 0. The molecular formula is C24H28N4O4. The normalized spacial score (nSPS) is 19.9. The van der Waals surface area contributed by atoms with Crippen LogP contribution in [0.5, 0.6) is 11.5 Å². The lowest BCUT2D eigenvalue weighted by atomic mass is 9.78. The molecule has 2 aromatic rings. The SMILES string of the molecule is O=C1CC2(CCCCC2)Oc2cc(OCC(=O)N3CCN(c4ncccn4)CC3)ccc21. The molecule has 1 aliphatic carbocycles. The van der Waals surface area contributed by atoms with Crippen LogP contribution in [0, 0.1) is 0 Å². The van der Waals surface area contributed by atoms with Crippen molar-refractivity contribution in [1.82, 2.24) is 14.9 Å². The van der Waals surface area contributed by atoms with Crippen molar-refractivity contribution in [3.8, 4) is 11.5 Å². The number of anilines is 1. The minimum atomic E-state index is -0.362. The summed E-state index contributed by atoms with van der Waals surface area (Å²) in [5.41, 5.74) is 0.248. The summed E-state index contributed by atoms with van der Waals surface area (Å²) in [5.74, 6) is 1.90. The Morgan fingerprint density at radius 1 is 1.06 bits per heavy atom. The van der Waals surface area contributed by atoms with E-state index in [2.05, 4.69) is 14.9 Å². The number of hydrogen-bond acceptors (Lipinski definition) is 7. The first-order valence-corrected chi connectivity index (χ1v) is 11.4. The van der Waals surface area contributed by atoms with Gasteiger partial charge in [-0.25, -0.2) is 9.97 Å². The van der Waals surface area contributed by atoms with Crippen molar-refractivity contribution in [2.24, 2.45) is 0 Å². The molecule has 1 aromatic carbocycles. The van der Waals surface area contributed by atoms with Crippen molar-refractivity contribution in [2.45, 2.75) is 44.1 Å². The lowest BCUT2D eigenvalue weighted by molar-refractivity contribution is -0.133. The lowest BCUT2D eigenvalue weighted by Gasteiger charge is -2.40. The van der Waals surface area contributed by atoms with Gasteiger partial charge in [-0.05, 0) is 43.9 Å². The standard InChI is InChI=1S/C24H28N4O4/c29-20-16-24(7-2-1-3-8-24)32-21-15-18(5-6-19(20)21)31-17-22(30)27-11-13-28(14-12-27)23-25-9-4-10-26-23/h4-6,9-10,15H,1-3,7-8,11-14,16-17H2. The molecule has 8 heteroatoms. The molecule has 1 spiro atoms. The molecule has 3 heterocycles. The molecule has 1 amide bonds. The van der Waals surface area contributed by atoms with Gasteiger partial charge < -0.3 is 19.3 Å². The number of fused-ring (bicyclic) bond motifs is 1. The van der Waals surface area contributed by atoms with Gasteiger partial charge in [-0.1, -0.05) is 6.42 Å². The highest BCUT2D eigenvalue weighted by atomic mass is 16.5. The second-order valence-corrected chi connectivity index (χ2v) is 8.81. The fourth-order valence-electron chi connectivity index (χ4n) is 4.89. The average Bonchev–Trinajstić information content (AvgIpc) is 2.83. The number of amides is 1. The van der Waals surface area contributed by atoms with Crippen LogP contribution >= 0.6 is 0 Å². The predicted molar refractivity (Wildman–Crippen MR) is 118 cm³/mol. The van der Waals surface area contributed by atoms with Crippen molar-refractivity contribution in [3.63, 3.8) is 0 Å². The van der Waals surface area contributed by atoms with Gasteiger partial charge in [0.15, 0.2) is 12.4 Å². The molecule has 0 radical (unpaired) electrons. The summed E-state index contributed by atoms with van der Waals surface area (Å²) in [5, 5.41) is 0. The number of nitrogens with zero attached hydrogens (tertiary/aromatic N) is 4. The zero-order valence-corrected chi connectivity index (χ0v) is 18.2. The summed E-state index contributed by atoms with van der Waals surface area (Å²) in [6, 6.07) is 7.06. The molecule has 32 heavy (non-hydrogen) atoms. The van der Waals surface area contributed by atoms with Gasteiger partial charge in [-0.3, -0.25) is 9.59 Å². The van der Waals surface area contributed by atoms with E-state index in [1.807, 2.05) is 0 Å². The van der Waals surface area contributed by atoms with Crippen LogP contribution in [0.1, 0.15) is 48.9 Å². The second kappa shape index (κ2) is 8.76. The third-order valence-corrected chi connectivity index (χ3v) is 6.66. The van der Waals surface area contributed by atoms with Crippen LogP contribution in [-0.4, -0.2) is 64.9 Å². The van der Waals surface area contributed by atoms with Gasteiger partial charge >= 0.3 is 0 Å². The Morgan fingerprint density at radius 2 is 1.81 bits per heavy atom. The number of rotatable bonds is 4. The Morgan fingerprint density at radius 3 is 2.56 bits per heavy atom. The quantitative estimate of drug-likeness (QED) is 0.729. The zero-order chi connectivity index (χ0) is 22.0. The first kappa shape index (κ1) is 20.7. The van der Waals surface area contributed by atoms with Gasteiger partial charge in [0.05, 0.1) is 12.0 Å². The lowest BCUT2D eigenvalue weighted by Crippen LogP contribution is -2.50. The fraction of sp³-hybridized carbons (Fsp3) is 0.500. The molecular weight excluding hydrogens is 408 g/mol. The smallest absolute Gasteiger partial charge is 0.260 e. The molecule has 1 saturated heterocycles. The largest absolute Gasteiger partial charge is 0.486 e. The number of ether oxygens (including phenoxy) is 2. The van der Waals surface area contributed by atoms with Gasteiger partial charge in [0, 0.05) is 44.6 Å². The highest BCUT2D eigenvalue weighted by Gasteiger charge is 2.41. The van der Waals surface area contributed by atoms with Crippen LogP contribution in [0.25, 0.3) is 0 Å². The van der Waals surface area contributed by atoms with Crippen LogP contribution in [0.3, 0.4) is 0 Å².